The minimum Gasteiger partial charge on any atom is -0.508 e. The van der Waals surface area contributed by atoms with Crippen molar-refractivity contribution in [2.24, 2.45) is 0 Å². The van der Waals surface area contributed by atoms with Gasteiger partial charge in [-0.2, -0.15) is 0 Å². The Kier molecular flexibility index (Phi) is 10.7. The first-order valence-electron chi connectivity index (χ1n) is 11.6. The van der Waals surface area contributed by atoms with Crippen LogP contribution in [0.4, 0.5) is 4.79 Å². The van der Waals surface area contributed by atoms with Crippen molar-refractivity contribution in [2.45, 2.75) is 69.9 Å². The first-order chi connectivity index (χ1) is 16.5. The van der Waals surface area contributed by atoms with E-state index in [9.17, 15) is 24.2 Å². The van der Waals surface area contributed by atoms with Crippen LogP contribution in [-0.2, 0) is 15.7 Å². The van der Waals surface area contributed by atoms with Gasteiger partial charge in [0.25, 0.3) is 5.70 Å². The van der Waals surface area contributed by atoms with Gasteiger partial charge >= 0.3 is 6.09 Å². The molecule has 35 heavy (non-hydrogen) atoms. The minimum atomic E-state index is -1.43. The number of amides is 1. The number of allylic oxidation sites excluding steroid dienone is 4. The third-order valence-corrected chi connectivity index (χ3v) is 6.58. The van der Waals surface area contributed by atoms with Crippen LogP contribution in [0.3, 0.4) is 0 Å². The lowest BCUT2D eigenvalue weighted by Gasteiger charge is -2.27. The fraction of sp³-hybridized carbons (Fsp3) is 0.480. The smallest absolute Gasteiger partial charge is 0.407 e. The van der Waals surface area contributed by atoms with Crippen LogP contribution in [0.25, 0.3) is 0 Å². The van der Waals surface area contributed by atoms with Crippen LogP contribution < -0.4 is 5.32 Å². The molecule has 0 spiro atoms. The summed E-state index contributed by atoms with van der Waals surface area (Å²) in [6, 6.07) is 5.94. The average Bonchev–Trinajstić information content (AvgIpc) is 3.01. The van der Waals surface area contributed by atoms with Gasteiger partial charge in [0.2, 0.25) is 0 Å². The number of aromatic hydroxyl groups is 1. The van der Waals surface area contributed by atoms with Crippen LogP contribution in [-0.4, -0.2) is 49.4 Å². The van der Waals surface area contributed by atoms with E-state index >= 15 is 0 Å². The fourth-order valence-corrected chi connectivity index (χ4v) is 4.77. The van der Waals surface area contributed by atoms with Crippen molar-refractivity contribution in [2.75, 3.05) is 13.1 Å². The van der Waals surface area contributed by atoms with Gasteiger partial charge < -0.3 is 15.2 Å². The van der Waals surface area contributed by atoms with Gasteiger partial charge in [0.1, 0.15) is 22.3 Å². The second-order valence-corrected chi connectivity index (χ2v) is 10.8. The number of benzene rings is 1. The van der Waals surface area contributed by atoms with E-state index in [-0.39, 0.29) is 17.5 Å². The van der Waals surface area contributed by atoms with E-state index in [0.717, 1.165) is 12.0 Å². The highest BCUT2D eigenvalue weighted by molar-refractivity contribution is 7.82. The summed E-state index contributed by atoms with van der Waals surface area (Å²) >= 11 is 0. The lowest BCUT2D eigenvalue weighted by molar-refractivity contribution is -0.419. The fourth-order valence-electron chi connectivity index (χ4n) is 3.49. The predicted molar refractivity (Wildman–Crippen MR) is 136 cm³/mol. The number of alkyl carbamates (subject to hydrolysis) is 1. The quantitative estimate of drug-likeness (QED) is 0.328. The molecule has 0 saturated carbocycles. The Morgan fingerprint density at radius 2 is 1.94 bits per heavy atom. The number of carbonyl (C=O) groups is 1. The molecule has 2 atom stereocenters. The molecule has 0 bridgehead atoms. The molecule has 9 nitrogen and oxygen atoms in total. The number of ether oxygens (including phenoxy) is 1. The Morgan fingerprint density at radius 3 is 2.54 bits per heavy atom. The number of rotatable bonds is 11. The van der Waals surface area contributed by atoms with E-state index in [2.05, 4.69) is 5.32 Å². The van der Waals surface area contributed by atoms with Crippen molar-refractivity contribution in [1.29, 1.82) is 0 Å². The molecule has 1 aromatic rings. The number of hydrogen-bond acceptors (Lipinski definition) is 6. The molecule has 0 aromatic heterocycles. The number of phenols is 1. The van der Waals surface area contributed by atoms with Gasteiger partial charge in [-0.15, -0.1) is 0 Å². The number of nitrogens with zero attached hydrogens (tertiary/aromatic N) is 2. The Bertz CT molecular complexity index is 995. The lowest BCUT2D eigenvalue weighted by atomic mass is 10.0. The molecule has 1 amide bonds. The maximum atomic E-state index is 13.2. The Morgan fingerprint density at radius 1 is 1.26 bits per heavy atom. The van der Waals surface area contributed by atoms with Crippen LogP contribution in [0, 0.1) is 10.1 Å². The maximum absolute atomic E-state index is 13.2. The number of carbonyl (C=O) groups excluding carboxylic acids is 1. The summed E-state index contributed by atoms with van der Waals surface area (Å²) in [6.07, 6.45) is 8.14. The molecule has 1 aliphatic rings. The van der Waals surface area contributed by atoms with Gasteiger partial charge in [-0.25, -0.2) is 13.3 Å². The number of nitro groups is 1. The van der Waals surface area contributed by atoms with Crippen LogP contribution in [0.1, 0.15) is 53.4 Å². The molecule has 0 saturated heterocycles. The Labute approximate surface area is 209 Å². The van der Waals surface area contributed by atoms with Crippen molar-refractivity contribution in [1.82, 2.24) is 9.62 Å². The van der Waals surface area contributed by atoms with Crippen molar-refractivity contribution in [3.63, 3.8) is 0 Å². The zero-order chi connectivity index (χ0) is 26.0. The highest BCUT2D eigenvalue weighted by atomic mass is 32.2. The number of nitrogens with one attached hydrogen (secondary N) is 1. The summed E-state index contributed by atoms with van der Waals surface area (Å²) in [4.78, 5) is 23.7. The molecule has 1 aliphatic carbocycles. The van der Waals surface area contributed by atoms with Gasteiger partial charge in [0.15, 0.2) is 0 Å². The van der Waals surface area contributed by atoms with Gasteiger partial charge in [-0.05, 0) is 70.7 Å². The predicted octanol–water partition coefficient (Wildman–Crippen LogP) is 4.85. The van der Waals surface area contributed by atoms with Gasteiger partial charge in [0, 0.05) is 31.3 Å². The highest BCUT2D eigenvalue weighted by Crippen LogP contribution is 2.21. The second-order valence-electron chi connectivity index (χ2n) is 9.29. The molecule has 2 N–H and O–H groups in total. The molecule has 0 heterocycles. The molecular formula is C25H35N3O6S. The van der Waals surface area contributed by atoms with Crippen LogP contribution in [0.2, 0.25) is 0 Å². The van der Waals surface area contributed by atoms with E-state index < -0.39 is 27.6 Å². The van der Waals surface area contributed by atoms with Crippen molar-refractivity contribution in [3.8, 4) is 5.75 Å². The average molecular weight is 506 g/mol. The lowest BCUT2D eigenvalue weighted by Crippen LogP contribution is -2.41. The molecule has 10 heteroatoms. The van der Waals surface area contributed by atoms with E-state index in [1.165, 1.54) is 24.3 Å². The Hall–Kier alpha value is -2.98. The highest BCUT2D eigenvalue weighted by Gasteiger charge is 2.23. The number of phenolic OH excluding ortho intramolecular Hbond substituents is 1. The molecule has 0 fully saturated rings. The van der Waals surface area contributed by atoms with Gasteiger partial charge in [-0.1, -0.05) is 24.6 Å². The molecule has 1 unspecified atom stereocenters. The molecule has 2 rings (SSSR count). The van der Waals surface area contributed by atoms with Gasteiger partial charge in [0.05, 0.1) is 9.82 Å². The van der Waals surface area contributed by atoms with Crippen LogP contribution in [0.15, 0.2) is 64.7 Å². The SMILES string of the molecule is CCCN(CC[C@H](CC1=CC=C([N+](=O)[O-])C=CC1)NC(=O)OC(C)(C)C)S(=O)c1ccc(O)cc1. The maximum Gasteiger partial charge on any atom is 0.407 e. The summed E-state index contributed by atoms with van der Waals surface area (Å²) < 4.78 is 20.4. The molecule has 1 aromatic carbocycles. The monoisotopic (exact) mass is 505 g/mol. The molecule has 192 valence electrons. The van der Waals surface area contributed by atoms with E-state index in [0.29, 0.717) is 37.2 Å². The first-order valence-corrected chi connectivity index (χ1v) is 12.7. The zero-order valence-corrected chi connectivity index (χ0v) is 21.5. The van der Waals surface area contributed by atoms with E-state index in [1.54, 1.807) is 45.1 Å². The molecule has 0 radical (unpaired) electrons. The summed E-state index contributed by atoms with van der Waals surface area (Å²) in [6.45, 7) is 8.39. The standard InChI is InChI=1S/C25H35N3O6S/c1-5-16-27(35(33)23-13-11-22(29)12-14-23)17-15-20(26-24(30)34-25(2,3)4)18-19-7-6-8-21(10-9-19)28(31)32/h6,8-14,20,29H,5,7,15-18H2,1-4H3,(H,26,30)/t20-,35?/m1/s1. The summed E-state index contributed by atoms with van der Waals surface area (Å²) in [5.74, 6) is 0.106. The largest absolute Gasteiger partial charge is 0.508 e. The normalized spacial score (nSPS) is 15.6. The van der Waals surface area contributed by atoms with E-state index in [4.69, 9.17) is 4.74 Å². The second kappa shape index (κ2) is 13.2. The summed E-state index contributed by atoms with van der Waals surface area (Å²) in [5, 5.41) is 23.5. The van der Waals surface area contributed by atoms with Crippen LogP contribution >= 0.6 is 0 Å². The topological polar surface area (TPSA) is 122 Å². The van der Waals surface area contributed by atoms with Crippen molar-refractivity contribution < 1.29 is 23.8 Å². The van der Waals surface area contributed by atoms with E-state index in [1.807, 2.05) is 11.2 Å². The summed E-state index contributed by atoms with van der Waals surface area (Å²) in [7, 11) is -1.43. The zero-order valence-electron chi connectivity index (χ0n) is 20.7. The summed E-state index contributed by atoms with van der Waals surface area (Å²) in [5.41, 5.74) is 0.285. The Balaban J connectivity index is 2.17. The molecular weight excluding hydrogens is 470 g/mol. The molecule has 0 aliphatic heterocycles. The van der Waals surface area contributed by atoms with Crippen molar-refractivity contribution >= 4 is 17.1 Å². The number of hydrogen-bond donors (Lipinski definition) is 2. The van der Waals surface area contributed by atoms with Gasteiger partial charge in [-0.3, -0.25) is 10.1 Å². The minimum absolute atomic E-state index is 0.00932. The van der Waals surface area contributed by atoms with Crippen LogP contribution in [0.5, 0.6) is 5.75 Å². The third-order valence-electron chi connectivity index (χ3n) is 5.07. The third kappa shape index (κ3) is 10.0. The first kappa shape index (κ1) is 28.3. The van der Waals surface area contributed by atoms with Crippen molar-refractivity contribution in [3.05, 3.63) is 70.0 Å².